The summed E-state index contributed by atoms with van der Waals surface area (Å²) in [5, 5.41) is 9.80. The number of thioether (sulfide) groups is 1. The van der Waals surface area contributed by atoms with Gasteiger partial charge in [-0.1, -0.05) is 24.3 Å². The first kappa shape index (κ1) is 12.9. The van der Waals surface area contributed by atoms with Crippen molar-refractivity contribution in [2.75, 3.05) is 5.75 Å². The average molecular weight is 262 g/mol. The van der Waals surface area contributed by atoms with Gasteiger partial charge < -0.3 is 10.8 Å². The molecule has 0 aliphatic rings. The number of benzene rings is 1. The van der Waals surface area contributed by atoms with E-state index in [0.717, 1.165) is 22.2 Å². The van der Waals surface area contributed by atoms with Crippen LogP contribution in [0.1, 0.15) is 5.56 Å². The normalized spacial score (nSPS) is 12.5. The highest BCUT2D eigenvalue weighted by atomic mass is 32.2. The van der Waals surface area contributed by atoms with Crippen molar-refractivity contribution in [2.45, 2.75) is 11.8 Å². The third-order valence-electron chi connectivity index (χ3n) is 2.59. The van der Waals surface area contributed by atoms with Crippen LogP contribution >= 0.6 is 11.8 Å². The molecule has 0 unspecified atom stereocenters. The summed E-state index contributed by atoms with van der Waals surface area (Å²) >= 11 is 1.51. The number of pyridine rings is 1. The van der Waals surface area contributed by atoms with Gasteiger partial charge in [-0.2, -0.15) is 11.8 Å². The van der Waals surface area contributed by atoms with Crippen molar-refractivity contribution in [3.8, 4) is 0 Å². The summed E-state index contributed by atoms with van der Waals surface area (Å²) in [7, 11) is 0. The van der Waals surface area contributed by atoms with Gasteiger partial charge in [0.05, 0.1) is 5.52 Å². The van der Waals surface area contributed by atoms with E-state index in [-0.39, 0.29) is 0 Å². The zero-order valence-electron chi connectivity index (χ0n) is 9.74. The number of hydrogen-bond acceptors (Lipinski definition) is 4. The zero-order chi connectivity index (χ0) is 13.0. The fraction of sp³-hybridized carbons (Fsp3) is 0.231. The molecule has 1 aromatic heterocycles. The van der Waals surface area contributed by atoms with E-state index >= 15 is 0 Å². The molecule has 94 valence electrons. The number of carbonyl (C=O) groups is 1. The zero-order valence-corrected chi connectivity index (χ0v) is 10.6. The van der Waals surface area contributed by atoms with Crippen LogP contribution in [0.3, 0.4) is 0 Å². The number of para-hydroxylation sites is 1. The molecule has 0 aliphatic carbocycles. The quantitative estimate of drug-likeness (QED) is 0.860. The third-order valence-corrected chi connectivity index (χ3v) is 3.70. The van der Waals surface area contributed by atoms with Crippen molar-refractivity contribution in [3.05, 3.63) is 42.1 Å². The van der Waals surface area contributed by atoms with Crippen LogP contribution in [-0.2, 0) is 10.5 Å². The molecule has 2 aromatic rings. The molecular formula is C13H14N2O2S. The monoisotopic (exact) mass is 262 g/mol. The van der Waals surface area contributed by atoms with Crippen LogP contribution in [-0.4, -0.2) is 27.9 Å². The van der Waals surface area contributed by atoms with Crippen LogP contribution in [0, 0.1) is 0 Å². The minimum atomic E-state index is -0.960. The number of hydrogen-bond donors (Lipinski definition) is 2. The largest absolute Gasteiger partial charge is 0.480 e. The predicted octanol–water partition coefficient (Wildman–Crippen LogP) is 1.88. The molecule has 0 spiro atoms. The standard InChI is InChI=1S/C13H14N2O2S/c14-11(13(16)17)8-18-7-10-4-1-3-9-5-2-6-15-12(9)10/h1-6,11H,7-8,14H2,(H,16,17)/t11-/m1/s1. The first-order chi connectivity index (χ1) is 8.68. The highest BCUT2D eigenvalue weighted by molar-refractivity contribution is 7.98. The van der Waals surface area contributed by atoms with Gasteiger partial charge in [-0.25, -0.2) is 0 Å². The van der Waals surface area contributed by atoms with E-state index in [1.807, 2.05) is 30.3 Å². The predicted molar refractivity (Wildman–Crippen MR) is 73.5 cm³/mol. The molecule has 0 amide bonds. The molecule has 0 radical (unpaired) electrons. The van der Waals surface area contributed by atoms with Gasteiger partial charge in [-0.15, -0.1) is 0 Å². The number of carboxylic acids is 1. The molecule has 0 bridgehead atoms. The van der Waals surface area contributed by atoms with E-state index in [2.05, 4.69) is 4.98 Å². The molecule has 3 N–H and O–H groups in total. The first-order valence-electron chi connectivity index (χ1n) is 5.57. The molecule has 1 atom stereocenters. The second kappa shape index (κ2) is 5.84. The van der Waals surface area contributed by atoms with Crippen LogP contribution < -0.4 is 5.73 Å². The maximum atomic E-state index is 10.6. The Balaban J connectivity index is 2.06. The van der Waals surface area contributed by atoms with Crippen molar-refractivity contribution in [3.63, 3.8) is 0 Å². The van der Waals surface area contributed by atoms with E-state index < -0.39 is 12.0 Å². The van der Waals surface area contributed by atoms with Crippen LogP contribution in [0.25, 0.3) is 10.9 Å². The summed E-state index contributed by atoms with van der Waals surface area (Å²) in [6, 6.07) is 9.11. The Morgan fingerprint density at radius 1 is 1.39 bits per heavy atom. The Morgan fingerprint density at radius 3 is 2.94 bits per heavy atom. The minimum absolute atomic E-state index is 0.401. The SMILES string of the molecule is N[C@H](CSCc1cccc2cccnc12)C(=O)O. The van der Waals surface area contributed by atoms with Gasteiger partial charge >= 0.3 is 5.97 Å². The minimum Gasteiger partial charge on any atom is -0.480 e. The number of nitrogens with zero attached hydrogens (tertiary/aromatic N) is 1. The molecule has 1 heterocycles. The number of fused-ring (bicyclic) bond motifs is 1. The molecule has 0 fully saturated rings. The highest BCUT2D eigenvalue weighted by Gasteiger charge is 2.11. The van der Waals surface area contributed by atoms with E-state index in [1.54, 1.807) is 6.20 Å². The Kier molecular flexibility index (Phi) is 4.17. The summed E-state index contributed by atoms with van der Waals surface area (Å²) in [6.45, 7) is 0. The van der Waals surface area contributed by atoms with Gasteiger partial charge in [-0.3, -0.25) is 9.78 Å². The smallest absolute Gasteiger partial charge is 0.321 e. The molecule has 18 heavy (non-hydrogen) atoms. The second-order valence-electron chi connectivity index (χ2n) is 3.95. The van der Waals surface area contributed by atoms with Crippen molar-refractivity contribution >= 4 is 28.6 Å². The number of carboxylic acid groups (broad SMARTS) is 1. The maximum Gasteiger partial charge on any atom is 0.321 e. The van der Waals surface area contributed by atoms with Crippen LogP contribution in [0.2, 0.25) is 0 Å². The lowest BCUT2D eigenvalue weighted by Crippen LogP contribution is -2.32. The van der Waals surface area contributed by atoms with Gasteiger partial charge in [0.2, 0.25) is 0 Å². The van der Waals surface area contributed by atoms with Crippen LogP contribution in [0.4, 0.5) is 0 Å². The Bertz CT molecular complexity index is 554. The van der Waals surface area contributed by atoms with Crippen LogP contribution in [0.5, 0.6) is 0 Å². The van der Waals surface area contributed by atoms with Gasteiger partial charge in [0, 0.05) is 23.1 Å². The maximum absolute atomic E-state index is 10.6. The van der Waals surface area contributed by atoms with Gasteiger partial charge in [0.25, 0.3) is 0 Å². The molecule has 0 aliphatic heterocycles. The Morgan fingerprint density at radius 2 is 2.17 bits per heavy atom. The molecule has 5 heteroatoms. The lowest BCUT2D eigenvalue weighted by atomic mass is 10.1. The van der Waals surface area contributed by atoms with E-state index in [9.17, 15) is 4.79 Å². The highest BCUT2D eigenvalue weighted by Crippen LogP contribution is 2.20. The molecule has 1 aromatic carbocycles. The molecule has 0 saturated heterocycles. The lowest BCUT2D eigenvalue weighted by Gasteiger charge is -2.07. The Hall–Kier alpha value is -1.59. The fourth-order valence-electron chi connectivity index (χ4n) is 1.65. The second-order valence-corrected chi connectivity index (χ2v) is 4.98. The summed E-state index contributed by atoms with van der Waals surface area (Å²) in [5.41, 5.74) is 7.53. The van der Waals surface area contributed by atoms with Gasteiger partial charge in [0.1, 0.15) is 6.04 Å². The fourth-order valence-corrected chi connectivity index (χ4v) is 2.62. The molecule has 4 nitrogen and oxygen atoms in total. The number of rotatable bonds is 5. The van der Waals surface area contributed by atoms with Crippen molar-refractivity contribution in [1.82, 2.24) is 4.98 Å². The van der Waals surface area contributed by atoms with E-state index in [1.165, 1.54) is 11.8 Å². The molecule has 0 saturated carbocycles. The Labute approximate surface area is 109 Å². The summed E-state index contributed by atoms with van der Waals surface area (Å²) in [6.07, 6.45) is 1.76. The summed E-state index contributed by atoms with van der Waals surface area (Å²) < 4.78 is 0. The topological polar surface area (TPSA) is 76.2 Å². The van der Waals surface area contributed by atoms with Crippen molar-refractivity contribution in [1.29, 1.82) is 0 Å². The first-order valence-corrected chi connectivity index (χ1v) is 6.72. The van der Waals surface area contributed by atoms with E-state index in [4.69, 9.17) is 10.8 Å². The van der Waals surface area contributed by atoms with Crippen molar-refractivity contribution in [2.24, 2.45) is 5.73 Å². The summed E-state index contributed by atoms with van der Waals surface area (Å²) in [5.74, 6) is 0.159. The number of nitrogens with two attached hydrogens (primary N) is 1. The number of aliphatic carboxylic acids is 1. The van der Waals surface area contributed by atoms with E-state index in [0.29, 0.717) is 5.75 Å². The molecule has 2 rings (SSSR count). The van der Waals surface area contributed by atoms with Gasteiger partial charge in [0.15, 0.2) is 0 Å². The van der Waals surface area contributed by atoms with Crippen LogP contribution in [0.15, 0.2) is 36.5 Å². The number of aromatic nitrogens is 1. The molecular weight excluding hydrogens is 248 g/mol. The van der Waals surface area contributed by atoms with Crippen molar-refractivity contribution < 1.29 is 9.90 Å². The summed E-state index contributed by atoms with van der Waals surface area (Å²) in [4.78, 5) is 15.0. The van der Waals surface area contributed by atoms with Gasteiger partial charge in [-0.05, 0) is 11.6 Å². The lowest BCUT2D eigenvalue weighted by molar-refractivity contribution is -0.137. The average Bonchev–Trinajstić information content (AvgIpc) is 2.38. The third kappa shape index (κ3) is 3.00.